The van der Waals surface area contributed by atoms with Crippen LogP contribution in [0.4, 0.5) is 14.5 Å². The Labute approximate surface area is 118 Å². The maximum absolute atomic E-state index is 13.1. The van der Waals surface area contributed by atoms with E-state index in [1.54, 1.807) is 18.2 Å². The minimum atomic E-state index is -1.04. The second-order valence-electron chi connectivity index (χ2n) is 4.53. The summed E-state index contributed by atoms with van der Waals surface area (Å²) in [4.78, 5) is 12.2. The van der Waals surface area contributed by atoms with Gasteiger partial charge in [-0.25, -0.2) is 8.78 Å². The molecule has 21 heavy (non-hydrogen) atoms. The Kier molecular flexibility index (Phi) is 3.13. The summed E-state index contributed by atoms with van der Waals surface area (Å²) in [6.07, 6.45) is 0. The molecule has 6 heteroatoms. The highest BCUT2D eigenvalue weighted by molar-refractivity contribution is 6.12. The van der Waals surface area contributed by atoms with E-state index in [9.17, 15) is 13.6 Å². The monoisotopic (exact) mass is 288 g/mol. The number of ether oxygens (including phenoxy) is 1. The number of halogens is 2. The topological polar surface area (TPSA) is 62.2 Å². The Morgan fingerprint density at radius 3 is 2.76 bits per heavy atom. The summed E-state index contributed by atoms with van der Waals surface area (Å²) in [6.45, 7) is 0.116. The molecule has 4 nitrogen and oxygen atoms in total. The number of hydrogen-bond acceptors (Lipinski definition) is 3. The van der Waals surface area contributed by atoms with Gasteiger partial charge in [0.15, 0.2) is 11.6 Å². The molecule has 1 aliphatic rings. The Morgan fingerprint density at radius 2 is 2.00 bits per heavy atom. The maximum Gasteiger partial charge on any atom is 0.259 e. The van der Waals surface area contributed by atoms with Crippen LogP contribution in [0.2, 0.25) is 0 Å². The van der Waals surface area contributed by atoms with Crippen molar-refractivity contribution in [1.82, 2.24) is 0 Å². The number of hydrogen-bond donors (Lipinski definition) is 2. The molecule has 0 fully saturated rings. The third-order valence-electron chi connectivity index (χ3n) is 3.12. The van der Waals surface area contributed by atoms with Crippen molar-refractivity contribution in [2.75, 3.05) is 11.9 Å². The highest BCUT2D eigenvalue weighted by Crippen LogP contribution is 2.30. The highest BCUT2D eigenvalue weighted by Gasteiger charge is 2.24. The standard InChI is InChI=1S/C15H10F2N2O2/c16-11-5-4-8(6-12(11)17)19-15(20)10-3-1-2-9-13(18)7-21-14(9)10/h1-6,18H,7H2,(H,19,20). The van der Waals surface area contributed by atoms with Gasteiger partial charge in [-0.2, -0.15) is 0 Å². The van der Waals surface area contributed by atoms with Crippen LogP contribution in [0, 0.1) is 17.0 Å². The summed E-state index contributed by atoms with van der Waals surface area (Å²) in [5.41, 5.74) is 1.25. The number of carbonyl (C=O) groups excluding carboxylic acids is 1. The van der Waals surface area contributed by atoms with Gasteiger partial charge in [0.2, 0.25) is 0 Å². The van der Waals surface area contributed by atoms with Crippen molar-refractivity contribution >= 4 is 17.3 Å². The van der Waals surface area contributed by atoms with Crippen molar-refractivity contribution in [1.29, 1.82) is 5.41 Å². The van der Waals surface area contributed by atoms with Crippen LogP contribution in [0.1, 0.15) is 15.9 Å². The molecule has 3 rings (SSSR count). The van der Waals surface area contributed by atoms with Gasteiger partial charge in [0.05, 0.1) is 11.3 Å². The number of nitrogens with one attached hydrogen (secondary N) is 2. The molecule has 0 unspecified atom stereocenters. The zero-order valence-corrected chi connectivity index (χ0v) is 10.7. The Morgan fingerprint density at radius 1 is 1.19 bits per heavy atom. The first kappa shape index (κ1) is 13.2. The van der Waals surface area contributed by atoms with Crippen LogP contribution in [-0.4, -0.2) is 18.2 Å². The van der Waals surface area contributed by atoms with Gasteiger partial charge < -0.3 is 15.5 Å². The molecule has 0 saturated heterocycles. The van der Waals surface area contributed by atoms with Crippen molar-refractivity contribution < 1.29 is 18.3 Å². The molecule has 0 bridgehead atoms. The molecule has 2 aromatic carbocycles. The van der Waals surface area contributed by atoms with E-state index in [1.165, 1.54) is 6.07 Å². The number of amides is 1. The highest BCUT2D eigenvalue weighted by atomic mass is 19.2. The molecule has 2 N–H and O–H groups in total. The Balaban J connectivity index is 1.90. The average molecular weight is 288 g/mol. The molecule has 0 atom stereocenters. The molecular formula is C15H10F2N2O2. The van der Waals surface area contributed by atoms with Crippen LogP contribution in [0.15, 0.2) is 36.4 Å². The van der Waals surface area contributed by atoms with Crippen molar-refractivity contribution in [2.24, 2.45) is 0 Å². The van der Waals surface area contributed by atoms with Gasteiger partial charge in [0.25, 0.3) is 5.91 Å². The number of benzene rings is 2. The van der Waals surface area contributed by atoms with E-state index in [1.807, 2.05) is 0 Å². The SMILES string of the molecule is N=C1COc2c1cccc2C(=O)Nc1ccc(F)c(F)c1. The van der Waals surface area contributed by atoms with Crippen molar-refractivity contribution in [2.45, 2.75) is 0 Å². The van der Waals surface area contributed by atoms with Gasteiger partial charge in [0.1, 0.15) is 12.4 Å². The van der Waals surface area contributed by atoms with E-state index in [2.05, 4.69) is 5.32 Å². The number of para-hydroxylation sites is 1. The first-order valence-electron chi connectivity index (χ1n) is 6.16. The molecule has 0 aliphatic carbocycles. The maximum atomic E-state index is 13.1. The first-order chi connectivity index (χ1) is 10.1. The molecule has 2 aromatic rings. The van der Waals surface area contributed by atoms with Crippen LogP contribution in [-0.2, 0) is 0 Å². The third kappa shape index (κ3) is 2.35. The van der Waals surface area contributed by atoms with Crippen LogP contribution < -0.4 is 10.1 Å². The molecule has 0 spiro atoms. The van der Waals surface area contributed by atoms with E-state index in [0.717, 1.165) is 12.1 Å². The van der Waals surface area contributed by atoms with Crippen LogP contribution in [0.25, 0.3) is 0 Å². The van der Waals surface area contributed by atoms with E-state index in [-0.39, 0.29) is 17.9 Å². The molecule has 1 amide bonds. The van der Waals surface area contributed by atoms with Crippen LogP contribution >= 0.6 is 0 Å². The molecule has 1 heterocycles. The van der Waals surface area contributed by atoms with Gasteiger partial charge in [-0.1, -0.05) is 6.07 Å². The lowest BCUT2D eigenvalue weighted by atomic mass is 10.1. The van der Waals surface area contributed by atoms with Crippen molar-refractivity contribution in [3.8, 4) is 5.75 Å². The third-order valence-corrected chi connectivity index (χ3v) is 3.12. The summed E-state index contributed by atoms with van der Waals surface area (Å²) in [5, 5.41) is 10.2. The Hall–Kier alpha value is -2.76. The largest absolute Gasteiger partial charge is 0.486 e. The van der Waals surface area contributed by atoms with Gasteiger partial charge in [-0.15, -0.1) is 0 Å². The zero-order valence-electron chi connectivity index (χ0n) is 10.7. The minimum Gasteiger partial charge on any atom is -0.486 e. The van der Waals surface area contributed by atoms with Crippen LogP contribution in [0.3, 0.4) is 0 Å². The lowest BCUT2D eigenvalue weighted by molar-refractivity contribution is 0.102. The summed E-state index contributed by atoms with van der Waals surface area (Å²) >= 11 is 0. The fourth-order valence-corrected chi connectivity index (χ4v) is 2.10. The summed E-state index contributed by atoms with van der Waals surface area (Å²) < 4.78 is 31.3. The van der Waals surface area contributed by atoms with E-state index < -0.39 is 17.5 Å². The smallest absolute Gasteiger partial charge is 0.259 e. The summed E-state index contributed by atoms with van der Waals surface area (Å²) in [6, 6.07) is 7.99. The second kappa shape index (κ2) is 4.97. The first-order valence-corrected chi connectivity index (χ1v) is 6.16. The van der Waals surface area contributed by atoms with E-state index in [4.69, 9.17) is 10.1 Å². The Bertz CT molecular complexity index is 759. The number of rotatable bonds is 2. The molecule has 0 saturated carbocycles. The van der Waals surface area contributed by atoms with Crippen molar-refractivity contribution in [3.05, 3.63) is 59.2 Å². The van der Waals surface area contributed by atoms with Gasteiger partial charge in [-0.05, 0) is 24.3 Å². The van der Waals surface area contributed by atoms with E-state index >= 15 is 0 Å². The normalized spacial score (nSPS) is 12.8. The predicted octanol–water partition coefficient (Wildman–Crippen LogP) is 2.98. The minimum absolute atomic E-state index is 0.116. The molecule has 106 valence electrons. The predicted molar refractivity (Wildman–Crippen MR) is 73.1 cm³/mol. The van der Waals surface area contributed by atoms with Gasteiger partial charge in [-0.3, -0.25) is 4.79 Å². The van der Waals surface area contributed by atoms with Gasteiger partial charge >= 0.3 is 0 Å². The number of carbonyl (C=O) groups is 1. The fourth-order valence-electron chi connectivity index (χ4n) is 2.10. The number of fused-ring (bicyclic) bond motifs is 1. The summed E-state index contributed by atoms with van der Waals surface area (Å²) in [7, 11) is 0. The zero-order chi connectivity index (χ0) is 15.0. The van der Waals surface area contributed by atoms with Crippen molar-refractivity contribution in [3.63, 3.8) is 0 Å². The van der Waals surface area contributed by atoms with Gasteiger partial charge in [0, 0.05) is 17.3 Å². The fraction of sp³-hybridized carbons (Fsp3) is 0.0667. The number of anilines is 1. The average Bonchev–Trinajstić information content (AvgIpc) is 2.85. The van der Waals surface area contributed by atoms with Crippen LogP contribution in [0.5, 0.6) is 5.75 Å². The van der Waals surface area contributed by atoms with E-state index in [0.29, 0.717) is 17.0 Å². The quantitative estimate of drug-likeness (QED) is 0.892. The molecule has 0 radical (unpaired) electrons. The molecular weight excluding hydrogens is 278 g/mol. The molecule has 1 aliphatic heterocycles. The second-order valence-corrected chi connectivity index (χ2v) is 4.53. The molecule has 0 aromatic heterocycles. The summed E-state index contributed by atoms with van der Waals surface area (Å²) in [5.74, 6) is -2.19. The lowest BCUT2D eigenvalue weighted by Gasteiger charge is -2.09. The lowest BCUT2D eigenvalue weighted by Crippen LogP contribution is -2.13.